The molecule has 0 aliphatic carbocycles. The summed E-state index contributed by atoms with van der Waals surface area (Å²) in [4.78, 5) is 9.99. The van der Waals surface area contributed by atoms with Crippen molar-refractivity contribution in [2.24, 2.45) is 0 Å². The van der Waals surface area contributed by atoms with Gasteiger partial charge >= 0.3 is 0 Å². The van der Waals surface area contributed by atoms with Crippen LogP contribution in [0.3, 0.4) is 0 Å². The van der Waals surface area contributed by atoms with Crippen molar-refractivity contribution in [3.63, 3.8) is 0 Å². The zero-order valence-corrected chi connectivity index (χ0v) is 7.09. The molecule has 66 valence electrons. The lowest BCUT2D eigenvalue weighted by Crippen LogP contribution is -2.40. The van der Waals surface area contributed by atoms with E-state index in [1.807, 2.05) is 18.9 Å². The van der Waals surface area contributed by atoms with Gasteiger partial charge in [-0.1, -0.05) is 13.8 Å². The molecular weight excluding hydrogens is 144 g/mol. The van der Waals surface area contributed by atoms with Gasteiger partial charge in [0.05, 0.1) is 0 Å². The van der Waals surface area contributed by atoms with Crippen molar-refractivity contribution in [3.8, 4) is 0 Å². The van der Waals surface area contributed by atoms with Gasteiger partial charge in [-0.25, -0.2) is 5.01 Å². The van der Waals surface area contributed by atoms with Crippen molar-refractivity contribution < 1.29 is 9.90 Å². The molecule has 0 saturated heterocycles. The van der Waals surface area contributed by atoms with E-state index >= 15 is 0 Å². The van der Waals surface area contributed by atoms with Gasteiger partial charge < -0.3 is 9.90 Å². The Bertz CT molecular complexity index is 113. The molecule has 0 heterocycles. The van der Waals surface area contributed by atoms with Crippen LogP contribution in [0, 0.1) is 0 Å². The Kier molecular flexibility index (Phi) is 5.78. The van der Waals surface area contributed by atoms with Crippen molar-refractivity contribution in [1.29, 1.82) is 0 Å². The number of hydrazine groups is 1. The maximum atomic E-state index is 9.99. The van der Waals surface area contributed by atoms with E-state index in [9.17, 15) is 9.90 Å². The first-order chi connectivity index (χ1) is 5.20. The van der Waals surface area contributed by atoms with E-state index in [0.717, 1.165) is 13.1 Å². The molecule has 0 amide bonds. The first kappa shape index (κ1) is 10.4. The number of hydrogen-bond donors (Lipinski definition) is 1. The topological polar surface area (TPSA) is 55.4 Å². The van der Waals surface area contributed by atoms with Crippen LogP contribution in [-0.4, -0.2) is 30.6 Å². The van der Waals surface area contributed by atoms with Gasteiger partial charge in [0.2, 0.25) is 0 Å². The van der Waals surface area contributed by atoms with Gasteiger partial charge in [0.15, 0.2) is 0 Å². The Morgan fingerprint density at radius 2 is 2.00 bits per heavy atom. The van der Waals surface area contributed by atoms with Crippen LogP contribution < -0.4 is 10.5 Å². The molecule has 4 heteroatoms. The second-order valence-corrected chi connectivity index (χ2v) is 2.20. The van der Waals surface area contributed by atoms with E-state index in [4.69, 9.17) is 0 Å². The first-order valence-corrected chi connectivity index (χ1v) is 3.89. The zero-order valence-electron chi connectivity index (χ0n) is 7.09. The van der Waals surface area contributed by atoms with Crippen LogP contribution in [0.4, 0.5) is 0 Å². The summed E-state index contributed by atoms with van der Waals surface area (Å²) in [7, 11) is 0. The summed E-state index contributed by atoms with van der Waals surface area (Å²) in [5, 5.41) is 11.9. The Balaban J connectivity index is 3.28. The Labute approximate surface area is 67.2 Å². The molecule has 1 N–H and O–H groups in total. The molecule has 0 spiro atoms. The number of carbonyl (C=O) groups excluding carboxylic acids is 1. The first-order valence-electron chi connectivity index (χ1n) is 3.89. The normalized spacial score (nSPS) is 10.5. The van der Waals surface area contributed by atoms with Gasteiger partial charge in [0, 0.05) is 32.0 Å². The number of carbonyl (C=O) groups is 1. The number of carboxylic acids is 1. The minimum atomic E-state index is -1.01. The summed E-state index contributed by atoms with van der Waals surface area (Å²) >= 11 is 0. The van der Waals surface area contributed by atoms with Crippen LogP contribution in [0.2, 0.25) is 0 Å². The summed E-state index contributed by atoms with van der Waals surface area (Å²) in [5.41, 5.74) is 2.96. The van der Waals surface area contributed by atoms with Crippen molar-refractivity contribution in [1.82, 2.24) is 10.4 Å². The summed E-state index contributed by atoms with van der Waals surface area (Å²) < 4.78 is 0. The van der Waals surface area contributed by atoms with Gasteiger partial charge in [-0.3, -0.25) is 5.43 Å². The molecule has 0 aromatic carbocycles. The minimum absolute atomic E-state index is 0.0660. The predicted octanol–water partition coefficient (Wildman–Crippen LogP) is -1.03. The highest BCUT2D eigenvalue weighted by molar-refractivity contribution is 5.64. The molecule has 0 aromatic rings. The fraction of sp³-hybridized carbons (Fsp3) is 0.857. The average Bonchev–Trinajstić information content (AvgIpc) is 1.98. The summed E-state index contributed by atoms with van der Waals surface area (Å²) in [6.45, 7) is 6.22. The van der Waals surface area contributed by atoms with Crippen molar-refractivity contribution in [3.05, 3.63) is 0 Å². The van der Waals surface area contributed by atoms with E-state index in [1.165, 1.54) is 0 Å². The number of nitrogens with one attached hydrogen (secondary N) is 1. The maximum absolute atomic E-state index is 9.99. The van der Waals surface area contributed by atoms with Gasteiger partial charge in [0.25, 0.3) is 0 Å². The number of hydrogen-bond acceptors (Lipinski definition) is 4. The largest absolute Gasteiger partial charge is 0.550 e. The maximum Gasteiger partial charge on any atom is 0.0427 e. The van der Waals surface area contributed by atoms with Crippen LogP contribution in [0.5, 0.6) is 0 Å². The van der Waals surface area contributed by atoms with Gasteiger partial charge in [-0.05, 0) is 0 Å². The number of nitrogens with zero attached hydrogens (tertiary/aromatic N) is 1. The second kappa shape index (κ2) is 6.12. The smallest absolute Gasteiger partial charge is 0.0427 e. The van der Waals surface area contributed by atoms with Crippen LogP contribution in [0.25, 0.3) is 0 Å². The molecule has 0 radical (unpaired) electrons. The van der Waals surface area contributed by atoms with Crippen molar-refractivity contribution >= 4 is 5.97 Å². The van der Waals surface area contributed by atoms with Crippen LogP contribution in [-0.2, 0) is 4.79 Å². The molecule has 0 unspecified atom stereocenters. The highest BCUT2D eigenvalue weighted by atomic mass is 16.4. The van der Waals surface area contributed by atoms with E-state index in [1.54, 1.807) is 0 Å². The van der Waals surface area contributed by atoms with Crippen LogP contribution in [0.1, 0.15) is 20.3 Å². The third kappa shape index (κ3) is 5.82. The molecule has 0 rings (SSSR count). The number of carboxylic acid groups (broad SMARTS) is 1. The third-order valence-corrected chi connectivity index (χ3v) is 1.43. The van der Waals surface area contributed by atoms with Gasteiger partial charge in [-0.2, -0.15) is 0 Å². The molecule has 0 bridgehead atoms. The van der Waals surface area contributed by atoms with E-state index in [0.29, 0.717) is 6.54 Å². The monoisotopic (exact) mass is 159 g/mol. The summed E-state index contributed by atoms with van der Waals surface area (Å²) in [6.07, 6.45) is 0.0660. The summed E-state index contributed by atoms with van der Waals surface area (Å²) in [6, 6.07) is 0. The zero-order chi connectivity index (χ0) is 8.69. The molecular formula is C7H15N2O2-. The predicted molar refractivity (Wildman–Crippen MR) is 40.5 cm³/mol. The number of aliphatic carboxylic acids is 1. The average molecular weight is 159 g/mol. The van der Waals surface area contributed by atoms with Gasteiger partial charge in [0.1, 0.15) is 0 Å². The lowest BCUT2D eigenvalue weighted by Gasteiger charge is -2.19. The fourth-order valence-corrected chi connectivity index (χ4v) is 0.763. The molecule has 11 heavy (non-hydrogen) atoms. The van der Waals surface area contributed by atoms with E-state index < -0.39 is 5.97 Å². The SMILES string of the molecule is CCN(CC)NCCC(=O)[O-]. The number of rotatable bonds is 6. The molecule has 0 saturated carbocycles. The van der Waals surface area contributed by atoms with Crippen molar-refractivity contribution in [2.75, 3.05) is 19.6 Å². The van der Waals surface area contributed by atoms with E-state index in [-0.39, 0.29) is 6.42 Å². The Morgan fingerprint density at radius 3 is 2.36 bits per heavy atom. The summed E-state index contributed by atoms with van der Waals surface area (Å²) in [5.74, 6) is -1.01. The molecule has 4 nitrogen and oxygen atoms in total. The molecule has 0 fully saturated rings. The second-order valence-electron chi connectivity index (χ2n) is 2.20. The highest BCUT2D eigenvalue weighted by Gasteiger charge is 1.95. The van der Waals surface area contributed by atoms with E-state index in [2.05, 4.69) is 5.43 Å². The molecule has 0 aliphatic heterocycles. The van der Waals surface area contributed by atoms with Crippen LogP contribution in [0.15, 0.2) is 0 Å². The lowest BCUT2D eigenvalue weighted by atomic mass is 10.4. The Hall–Kier alpha value is -0.610. The minimum Gasteiger partial charge on any atom is -0.550 e. The lowest BCUT2D eigenvalue weighted by molar-refractivity contribution is -0.305. The van der Waals surface area contributed by atoms with Crippen molar-refractivity contribution in [2.45, 2.75) is 20.3 Å². The Morgan fingerprint density at radius 1 is 1.45 bits per heavy atom. The molecule has 0 atom stereocenters. The fourth-order valence-electron chi connectivity index (χ4n) is 0.763. The van der Waals surface area contributed by atoms with Gasteiger partial charge in [-0.15, -0.1) is 0 Å². The quantitative estimate of drug-likeness (QED) is 0.504. The van der Waals surface area contributed by atoms with Crippen LogP contribution >= 0.6 is 0 Å². The third-order valence-electron chi connectivity index (χ3n) is 1.43. The highest BCUT2D eigenvalue weighted by Crippen LogP contribution is 1.80. The standard InChI is InChI=1S/C7H16N2O2/c1-3-9(4-2)8-6-5-7(10)11/h8H,3-6H2,1-2H3,(H,10,11)/p-1. The molecule has 0 aliphatic rings. The molecule has 0 aromatic heterocycles.